The number of hydrogen-bond acceptors (Lipinski definition) is 4. The minimum absolute atomic E-state index is 0.114. The number of para-hydroxylation sites is 1. The van der Waals surface area contributed by atoms with Gasteiger partial charge in [-0.3, -0.25) is 4.79 Å². The topological polar surface area (TPSA) is 68.5 Å². The second-order valence-electron chi connectivity index (χ2n) is 5.09. The molecule has 6 nitrogen and oxygen atoms in total. The Morgan fingerprint density at radius 1 is 1.24 bits per heavy atom. The summed E-state index contributed by atoms with van der Waals surface area (Å²) in [6, 6.07) is 17.0. The van der Waals surface area contributed by atoms with Crippen molar-refractivity contribution in [3.8, 4) is 11.4 Å². The SMILES string of the molecule is O=C(COc1cccc(Br)c1)N/N=C\c1cnn(-c2ccccc2)c1. The van der Waals surface area contributed by atoms with Crippen molar-refractivity contribution in [2.24, 2.45) is 5.10 Å². The molecular weight excluding hydrogens is 384 g/mol. The van der Waals surface area contributed by atoms with Crippen LogP contribution in [0.2, 0.25) is 0 Å². The minimum Gasteiger partial charge on any atom is -0.484 e. The van der Waals surface area contributed by atoms with E-state index < -0.39 is 0 Å². The fourth-order valence-electron chi connectivity index (χ4n) is 2.04. The van der Waals surface area contributed by atoms with Gasteiger partial charge in [0.25, 0.3) is 5.91 Å². The van der Waals surface area contributed by atoms with Crippen LogP contribution >= 0.6 is 15.9 Å². The molecule has 0 aliphatic rings. The Kier molecular flexibility index (Phi) is 5.58. The van der Waals surface area contributed by atoms with Crippen LogP contribution in [0, 0.1) is 0 Å². The number of carbonyl (C=O) groups excluding carboxylic acids is 1. The number of halogens is 1. The summed E-state index contributed by atoms with van der Waals surface area (Å²) in [5, 5.41) is 8.16. The summed E-state index contributed by atoms with van der Waals surface area (Å²) in [4.78, 5) is 11.7. The molecule has 0 bridgehead atoms. The summed E-state index contributed by atoms with van der Waals surface area (Å²) in [5.74, 6) is 0.268. The number of nitrogens with one attached hydrogen (secondary N) is 1. The molecule has 1 amide bonds. The summed E-state index contributed by atoms with van der Waals surface area (Å²) < 4.78 is 8.00. The first-order valence-electron chi connectivity index (χ1n) is 7.51. The highest BCUT2D eigenvalue weighted by atomic mass is 79.9. The van der Waals surface area contributed by atoms with E-state index in [1.165, 1.54) is 6.21 Å². The smallest absolute Gasteiger partial charge is 0.277 e. The average molecular weight is 399 g/mol. The van der Waals surface area contributed by atoms with Crippen molar-refractivity contribution < 1.29 is 9.53 Å². The molecule has 0 atom stereocenters. The predicted molar refractivity (Wildman–Crippen MR) is 98.9 cm³/mol. The van der Waals surface area contributed by atoms with Gasteiger partial charge in [0, 0.05) is 16.2 Å². The molecule has 3 aromatic rings. The molecule has 3 rings (SSSR count). The highest BCUT2D eigenvalue weighted by Crippen LogP contribution is 2.17. The van der Waals surface area contributed by atoms with Crippen molar-refractivity contribution in [3.63, 3.8) is 0 Å². The Bertz CT molecular complexity index is 878. The van der Waals surface area contributed by atoms with Crippen molar-refractivity contribution >= 4 is 28.1 Å². The van der Waals surface area contributed by atoms with Crippen LogP contribution in [0.1, 0.15) is 5.56 Å². The Hall–Kier alpha value is -2.93. The molecular formula is C18H15BrN4O2. The van der Waals surface area contributed by atoms with Crippen molar-refractivity contribution in [2.45, 2.75) is 0 Å². The lowest BCUT2D eigenvalue weighted by molar-refractivity contribution is -0.123. The van der Waals surface area contributed by atoms with Gasteiger partial charge in [-0.15, -0.1) is 0 Å². The molecule has 0 unspecified atom stereocenters. The third-order valence-corrected chi connectivity index (χ3v) is 3.69. The van der Waals surface area contributed by atoms with Gasteiger partial charge in [0.1, 0.15) is 5.75 Å². The third-order valence-electron chi connectivity index (χ3n) is 3.19. The quantitative estimate of drug-likeness (QED) is 0.512. The van der Waals surface area contributed by atoms with Crippen LogP contribution in [0.5, 0.6) is 5.75 Å². The normalized spacial score (nSPS) is 10.8. The summed E-state index contributed by atoms with van der Waals surface area (Å²) in [6.07, 6.45) is 5.02. The molecule has 0 aliphatic carbocycles. The number of hydrazone groups is 1. The second-order valence-corrected chi connectivity index (χ2v) is 6.01. The molecule has 0 aliphatic heterocycles. The first kappa shape index (κ1) is 16.9. The lowest BCUT2D eigenvalue weighted by atomic mass is 10.3. The fourth-order valence-corrected chi connectivity index (χ4v) is 2.42. The van der Waals surface area contributed by atoms with E-state index in [1.54, 1.807) is 23.0 Å². The van der Waals surface area contributed by atoms with Crippen molar-refractivity contribution in [3.05, 3.63) is 77.0 Å². The first-order valence-corrected chi connectivity index (χ1v) is 8.30. The number of benzene rings is 2. The Balaban J connectivity index is 1.49. The number of rotatable bonds is 6. The van der Waals surface area contributed by atoms with Crippen LogP contribution < -0.4 is 10.2 Å². The summed E-state index contributed by atoms with van der Waals surface area (Å²) in [5.41, 5.74) is 4.15. The molecule has 1 N–H and O–H groups in total. The minimum atomic E-state index is -0.341. The number of ether oxygens (including phenoxy) is 1. The van der Waals surface area contributed by atoms with Crippen molar-refractivity contribution in [1.29, 1.82) is 0 Å². The molecule has 0 saturated heterocycles. The van der Waals surface area contributed by atoms with Gasteiger partial charge in [0.2, 0.25) is 0 Å². The van der Waals surface area contributed by atoms with E-state index in [1.807, 2.05) is 48.7 Å². The van der Waals surface area contributed by atoms with Gasteiger partial charge >= 0.3 is 0 Å². The van der Waals surface area contributed by atoms with Gasteiger partial charge in [-0.25, -0.2) is 10.1 Å². The van der Waals surface area contributed by atoms with E-state index in [0.29, 0.717) is 5.75 Å². The van der Waals surface area contributed by atoms with Gasteiger partial charge < -0.3 is 4.74 Å². The molecule has 0 saturated carbocycles. The molecule has 1 heterocycles. The number of hydrogen-bond donors (Lipinski definition) is 1. The van der Waals surface area contributed by atoms with Crippen LogP contribution in [0.15, 0.2) is 76.6 Å². The van der Waals surface area contributed by atoms with Crippen LogP contribution in [0.3, 0.4) is 0 Å². The maximum Gasteiger partial charge on any atom is 0.277 e. The maximum atomic E-state index is 11.7. The maximum absolute atomic E-state index is 11.7. The zero-order chi connectivity index (χ0) is 17.5. The Morgan fingerprint density at radius 3 is 2.88 bits per heavy atom. The van der Waals surface area contributed by atoms with Crippen LogP contribution in [0.4, 0.5) is 0 Å². The average Bonchev–Trinajstić information content (AvgIpc) is 3.10. The lowest BCUT2D eigenvalue weighted by Gasteiger charge is -2.04. The first-order chi connectivity index (χ1) is 12.2. The zero-order valence-corrected chi connectivity index (χ0v) is 14.8. The number of carbonyl (C=O) groups is 1. The fraction of sp³-hybridized carbons (Fsp3) is 0.0556. The molecule has 1 aromatic heterocycles. The van der Waals surface area contributed by atoms with Gasteiger partial charge in [-0.05, 0) is 30.3 Å². The van der Waals surface area contributed by atoms with Gasteiger partial charge in [0.05, 0.1) is 18.1 Å². The molecule has 7 heteroatoms. The highest BCUT2D eigenvalue weighted by Gasteiger charge is 2.02. The summed E-state index contributed by atoms with van der Waals surface area (Å²) in [7, 11) is 0. The van der Waals surface area contributed by atoms with E-state index >= 15 is 0 Å². The molecule has 0 spiro atoms. The Labute approximate surface area is 153 Å². The third kappa shape index (κ3) is 5.02. The van der Waals surface area contributed by atoms with Crippen molar-refractivity contribution in [2.75, 3.05) is 6.61 Å². The largest absolute Gasteiger partial charge is 0.484 e. The van der Waals surface area contributed by atoms with Crippen LogP contribution in [-0.2, 0) is 4.79 Å². The monoisotopic (exact) mass is 398 g/mol. The van der Waals surface area contributed by atoms with E-state index in [9.17, 15) is 4.79 Å². The zero-order valence-electron chi connectivity index (χ0n) is 13.2. The second kappa shape index (κ2) is 8.25. The summed E-state index contributed by atoms with van der Waals surface area (Å²) in [6.45, 7) is -0.114. The summed E-state index contributed by atoms with van der Waals surface area (Å²) >= 11 is 3.34. The van der Waals surface area contributed by atoms with E-state index in [2.05, 4.69) is 31.6 Å². The van der Waals surface area contributed by atoms with Crippen molar-refractivity contribution in [1.82, 2.24) is 15.2 Å². The molecule has 126 valence electrons. The molecule has 0 radical (unpaired) electrons. The number of aromatic nitrogens is 2. The van der Waals surface area contributed by atoms with E-state index in [-0.39, 0.29) is 12.5 Å². The Morgan fingerprint density at radius 2 is 2.08 bits per heavy atom. The van der Waals surface area contributed by atoms with E-state index in [0.717, 1.165) is 15.7 Å². The predicted octanol–water partition coefficient (Wildman–Crippen LogP) is 3.16. The lowest BCUT2D eigenvalue weighted by Crippen LogP contribution is -2.24. The molecule has 25 heavy (non-hydrogen) atoms. The van der Waals surface area contributed by atoms with Gasteiger partial charge in [-0.1, -0.05) is 40.2 Å². The highest BCUT2D eigenvalue weighted by molar-refractivity contribution is 9.10. The molecule has 2 aromatic carbocycles. The van der Waals surface area contributed by atoms with Crippen LogP contribution in [-0.4, -0.2) is 28.5 Å². The van der Waals surface area contributed by atoms with Gasteiger partial charge in [0.15, 0.2) is 6.61 Å². The number of amides is 1. The molecule has 0 fully saturated rings. The van der Waals surface area contributed by atoms with Crippen LogP contribution in [0.25, 0.3) is 5.69 Å². The standard InChI is InChI=1S/C18H15BrN4O2/c19-15-5-4-8-17(9-15)25-13-18(24)22-20-10-14-11-21-23(12-14)16-6-2-1-3-7-16/h1-12H,13H2,(H,22,24)/b20-10-. The van der Waals surface area contributed by atoms with Gasteiger partial charge in [-0.2, -0.15) is 10.2 Å². The number of nitrogens with zero attached hydrogens (tertiary/aromatic N) is 3. The van der Waals surface area contributed by atoms with E-state index in [4.69, 9.17) is 4.74 Å².